The quantitative estimate of drug-likeness (QED) is 0.929. The topological polar surface area (TPSA) is 51.2 Å². The Hall–Kier alpha value is -1.49. The third-order valence-corrected chi connectivity index (χ3v) is 4.45. The van der Waals surface area contributed by atoms with Crippen LogP contribution >= 0.6 is 0 Å². The number of nitrogens with one attached hydrogen (secondary N) is 1. The number of ether oxygens (including phenoxy) is 1. The number of hydrogen-bond acceptors (Lipinski definition) is 3. The van der Waals surface area contributed by atoms with Crippen LogP contribution in [0.1, 0.15) is 45.2 Å². The van der Waals surface area contributed by atoms with E-state index < -0.39 is 11.2 Å². The van der Waals surface area contributed by atoms with Crippen molar-refractivity contribution >= 4 is 5.91 Å². The lowest BCUT2D eigenvalue weighted by Gasteiger charge is -2.36. The summed E-state index contributed by atoms with van der Waals surface area (Å²) in [4.78, 5) is 16.3. The van der Waals surface area contributed by atoms with Crippen molar-refractivity contribution in [2.75, 3.05) is 13.2 Å². The highest BCUT2D eigenvalue weighted by Crippen LogP contribution is 2.35. The zero-order chi connectivity index (χ0) is 15.5. The number of halogens is 1. The van der Waals surface area contributed by atoms with Crippen LogP contribution in [0.15, 0.2) is 18.5 Å². The van der Waals surface area contributed by atoms with Crippen LogP contribution in [0.3, 0.4) is 0 Å². The molecule has 4 nitrogen and oxygen atoms in total. The van der Waals surface area contributed by atoms with Crippen molar-refractivity contribution in [3.8, 4) is 0 Å². The average Bonchev–Trinajstić information content (AvgIpc) is 2.48. The maximum atomic E-state index is 13.7. The molecule has 1 aromatic rings. The lowest BCUT2D eigenvalue weighted by Crippen LogP contribution is -2.44. The smallest absolute Gasteiger partial charge is 0.226 e. The lowest BCUT2D eigenvalue weighted by molar-refractivity contribution is -0.135. The fourth-order valence-electron chi connectivity index (χ4n) is 2.80. The van der Waals surface area contributed by atoms with Gasteiger partial charge in [-0.05, 0) is 31.7 Å². The Kier molecular flexibility index (Phi) is 4.93. The number of carbonyl (C=O) groups is 1. The van der Waals surface area contributed by atoms with Crippen LogP contribution in [0.25, 0.3) is 0 Å². The van der Waals surface area contributed by atoms with Crippen molar-refractivity contribution in [2.45, 2.75) is 39.7 Å². The molecule has 1 unspecified atom stereocenters. The SMILES string of the molecule is CC(NC(=O)C(C)(C)C1CCOCC1)c1ccncc1F. The van der Waals surface area contributed by atoms with Gasteiger partial charge in [-0.1, -0.05) is 13.8 Å². The summed E-state index contributed by atoms with van der Waals surface area (Å²) in [7, 11) is 0. The first-order valence-corrected chi connectivity index (χ1v) is 7.41. The van der Waals surface area contributed by atoms with Gasteiger partial charge < -0.3 is 10.1 Å². The molecule has 0 bridgehead atoms. The minimum atomic E-state index is -0.485. The van der Waals surface area contributed by atoms with Gasteiger partial charge in [-0.3, -0.25) is 9.78 Å². The molecule has 0 radical (unpaired) electrons. The molecule has 0 spiro atoms. The van der Waals surface area contributed by atoms with E-state index >= 15 is 0 Å². The summed E-state index contributed by atoms with van der Waals surface area (Å²) in [6.45, 7) is 7.10. The lowest BCUT2D eigenvalue weighted by atomic mass is 9.74. The Morgan fingerprint density at radius 2 is 2.14 bits per heavy atom. The molecule has 1 fully saturated rings. The fourth-order valence-corrected chi connectivity index (χ4v) is 2.80. The van der Waals surface area contributed by atoms with E-state index in [4.69, 9.17) is 4.74 Å². The van der Waals surface area contributed by atoms with Gasteiger partial charge >= 0.3 is 0 Å². The summed E-state index contributed by atoms with van der Waals surface area (Å²) in [6, 6.07) is 1.22. The molecule has 1 atom stereocenters. The van der Waals surface area contributed by atoms with E-state index in [1.54, 1.807) is 13.0 Å². The van der Waals surface area contributed by atoms with Gasteiger partial charge in [0.25, 0.3) is 0 Å². The highest BCUT2D eigenvalue weighted by Gasteiger charge is 2.38. The summed E-state index contributed by atoms with van der Waals surface area (Å²) >= 11 is 0. The normalized spacial score (nSPS) is 18.3. The van der Waals surface area contributed by atoms with Gasteiger partial charge in [0.05, 0.1) is 12.2 Å². The molecule has 1 N–H and O–H groups in total. The molecule has 1 aliphatic heterocycles. The van der Waals surface area contributed by atoms with Crippen LogP contribution in [0.4, 0.5) is 4.39 Å². The van der Waals surface area contributed by atoms with Gasteiger partial charge in [-0.15, -0.1) is 0 Å². The summed E-state index contributed by atoms with van der Waals surface area (Å²) < 4.78 is 19.1. The van der Waals surface area contributed by atoms with E-state index in [0.717, 1.165) is 12.8 Å². The van der Waals surface area contributed by atoms with Crippen LogP contribution in [-0.4, -0.2) is 24.1 Å². The van der Waals surface area contributed by atoms with Crippen LogP contribution < -0.4 is 5.32 Å². The zero-order valence-electron chi connectivity index (χ0n) is 12.9. The number of aromatic nitrogens is 1. The molecular weight excluding hydrogens is 271 g/mol. The first-order chi connectivity index (χ1) is 9.93. The van der Waals surface area contributed by atoms with Crippen molar-refractivity contribution in [3.63, 3.8) is 0 Å². The van der Waals surface area contributed by atoms with E-state index in [-0.39, 0.29) is 11.9 Å². The van der Waals surface area contributed by atoms with Crippen molar-refractivity contribution in [2.24, 2.45) is 11.3 Å². The second-order valence-corrected chi connectivity index (χ2v) is 6.20. The van der Waals surface area contributed by atoms with Gasteiger partial charge in [-0.2, -0.15) is 0 Å². The molecule has 0 saturated carbocycles. The molecule has 21 heavy (non-hydrogen) atoms. The van der Waals surface area contributed by atoms with E-state index in [0.29, 0.717) is 24.7 Å². The third-order valence-electron chi connectivity index (χ3n) is 4.45. The van der Waals surface area contributed by atoms with Crippen LogP contribution in [-0.2, 0) is 9.53 Å². The van der Waals surface area contributed by atoms with Crippen LogP contribution in [0.5, 0.6) is 0 Å². The zero-order valence-corrected chi connectivity index (χ0v) is 12.9. The summed E-state index contributed by atoms with van der Waals surface area (Å²) in [6.07, 6.45) is 4.48. The number of amides is 1. The largest absolute Gasteiger partial charge is 0.381 e. The highest BCUT2D eigenvalue weighted by atomic mass is 19.1. The standard InChI is InChI=1S/C16H23FN2O2/c1-11(13-4-7-18-10-14(13)17)19-15(20)16(2,3)12-5-8-21-9-6-12/h4,7,10-12H,5-6,8-9H2,1-3H3,(H,19,20). The van der Waals surface area contributed by atoms with Crippen LogP contribution in [0, 0.1) is 17.2 Å². The van der Waals surface area contributed by atoms with E-state index in [1.165, 1.54) is 12.4 Å². The van der Waals surface area contributed by atoms with Gasteiger partial charge in [0, 0.05) is 30.4 Å². The van der Waals surface area contributed by atoms with E-state index in [1.807, 2.05) is 13.8 Å². The average molecular weight is 294 g/mol. The number of pyridine rings is 1. The number of rotatable bonds is 4. The van der Waals surface area contributed by atoms with Crippen molar-refractivity contribution in [1.82, 2.24) is 10.3 Å². The number of nitrogens with zero attached hydrogens (tertiary/aromatic N) is 1. The summed E-state index contributed by atoms with van der Waals surface area (Å²) in [5.41, 5.74) is -0.0252. The predicted molar refractivity (Wildman–Crippen MR) is 78.1 cm³/mol. The first-order valence-electron chi connectivity index (χ1n) is 7.41. The Morgan fingerprint density at radius 1 is 1.48 bits per heavy atom. The van der Waals surface area contributed by atoms with Gasteiger partial charge in [0.15, 0.2) is 0 Å². The maximum Gasteiger partial charge on any atom is 0.226 e. The Morgan fingerprint density at radius 3 is 2.76 bits per heavy atom. The molecule has 0 aliphatic carbocycles. The second-order valence-electron chi connectivity index (χ2n) is 6.20. The molecule has 2 rings (SSSR count). The van der Waals surface area contributed by atoms with Gasteiger partial charge in [0.1, 0.15) is 5.82 Å². The van der Waals surface area contributed by atoms with Crippen molar-refractivity contribution in [1.29, 1.82) is 0 Å². The first kappa shape index (κ1) is 15.9. The molecule has 1 aliphatic rings. The Bertz CT molecular complexity index is 499. The van der Waals surface area contributed by atoms with Gasteiger partial charge in [-0.25, -0.2) is 4.39 Å². The summed E-state index contributed by atoms with van der Waals surface area (Å²) in [5.74, 6) is -0.145. The minimum Gasteiger partial charge on any atom is -0.381 e. The van der Waals surface area contributed by atoms with Crippen molar-refractivity contribution in [3.05, 3.63) is 29.8 Å². The molecule has 0 aromatic carbocycles. The molecule has 1 saturated heterocycles. The monoisotopic (exact) mass is 294 g/mol. The fraction of sp³-hybridized carbons (Fsp3) is 0.625. The number of hydrogen-bond donors (Lipinski definition) is 1. The third kappa shape index (κ3) is 3.59. The highest BCUT2D eigenvalue weighted by molar-refractivity contribution is 5.82. The molecule has 5 heteroatoms. The molecule has 1 amide bonds. The van der Waals surface area contributed by atoms with Crippen molar-refractivity contribution < 1.29 is 13.9 Å². The Labute approximate surface area is 125 Å². The van der Waals surface area contributed by atoms with Crippen LogP contribution in [0.2, 0.25) is 0 Å². The second kappa shape index (κ2) is 6.52. The maximum absolute atomic E-state index is 13.7. The summed E-state index contributed by atoms with van der Waals surface area (Å²) in [5, 5.41) is 2.93. The minimum absolute atomic E-state index is 0.0434. The Balaban J connectivity index is 2.04. The molecular formula is C16H23FN2O2. The van der Waals surface area contributed by atoms with Gasteiger partial charge in [0.2, 0.25) is 5.91 Å². The molecule has 1 aromatic heterocycles. The molecule has 116 valence electrons. The van der Waals surface area contributed by atoms with E-state index in [2.05, 4.69) is 10.3 Å². The van der Waals surface area contributed by atoms with E-state index in [9.17, 15) is 9.18 Å². The molecule has 2 heterocycles. The number of carbonyl (C=O) groups excluding carboxylic acids is 1. The predicted octanol–water partition coefficient (Wildman–Crippen LogP) is 2.85.